The Morgan fingerprint density at radius 1 is 0.435 bits per heavy atom. The molecule has 0 aromatic carbocycles. The van der Waals surface area contributed by atoms with E-state index in [1.54, 1.807) is 0 Å². The van der Waals surface area contributed by atoms with Crippen LogP contribution in [-0.4, -0.2) is 48.3 Å². The molecule has 0 radical (unpaired) electrons. The summed E-state index contributed by atoms with van der Waals surface area (Å²) in [4.78, 5) is 47.2. The molecule has 0 saturated heterocycles. The van der Waals surface area contributed by atoms with Crippen molar-refractivity contribution in [2.45, 2.75) is 206 Å². The maximum absolute atomic E-state index is 12.2. The zero-order chi connectivity index (χ0) is 33.9. The maximum atomic E-state index is 12.2. The number of hydrogen-bond acceptors (Lipinski definition) is 7. The number of ether oxygens (including phenoxy) is 3. The Hall–Kier alpha value is -2.12. The monoisotopic (exact) mass is 655 g/mol. The molecule has 0 bridgehead atoms. The third kappa shape index (κ3) is 33.2. The van der Waals surface area contributed by atoms with E-state index in [1.807, 2.05) is 0 Å². The third-order valence-corrected chi connectivity index (χ3v) is 8.42. The fourth-order valence-electron chi connectivity index (χ4n) is 5.56. The molecule has 8 nitrogen and oxygen atoms in total. The van der Waals surface area contributed by atoms with Gasteiger partial charge in [0.25, 0.3) is 0 Å². The molecule has 0 atom stereocenters. The van der Waals surface area contributed by atoms with Gasteiger partial charge in [0.2, 0.25) is 0 Å². The molecule has 0 aliphatic rings. The highest BCUT2D eigenvalue weighted by molar-refractivity contribution is 5.90. The van der Waals surface area contributed by atoms with Crippen LogP contribution in [0.15, 0.2) is 0 Å². The van der Waals surface area contributed by atoms with Gasteiger partial charge in [0.05, 0.1) is 0 Å². The minimum Gasteiger partial charge on any atom is -0.481 e. The lowest BCUT2D eigenvalue weighted by Gasteiger charge is -2.18. The number of unbranched alkanes of at least 4 members (excludes halogenated alkanes) is 24. The maximum Gasteiger partial charge on any atom is 0.317 e. The summed E-state index contributed by atoms with van der Waals surface area (Å²) in [6, 6.07) is 0. The first-order valence-electron chi connectivity index (χ1n) is 19.1. The number of hydrogen-bond donors (Lipinski definition) is 1. The lowest BCUT2D eigenvalue weighted by atomic mass is 10.0. The van der Waals surface area contributed by atoms with Gasteiger partial charge in [0, 0.05) is 12.8 Å². The van der Waals surface area contributed by atoms with E-state index in [-0.39, 0.29) is 26.1 Å². The van der Waals surface area contributed by atoms with Gasteiger partial charge < -0.3 is 19.3 Å². The zero-order valence-corrected chi connectivity index (χ0v) is 29.8. The molecule has 8 heteroatoms. The van der Waals surface area contributed by atoms with Gasteiger partial charge in [-0.3, -0.25) is 19.2 Å². The van der Waals surface area contributed by atoms with Crippen molar-refractivity contribution in [1.29, 1.82) is 0 Å². The molecule has 1 N–H and O–H groups in total. The van der Waals surface area contributed by atoms with Crippen LogP contribution in [-0.2, 0) is 33.4 Å². The van der Waals surface area contributed by atoms with E-state index < -0.39 is 36.4 Å². The van der Waals surface area contributed by atoms with Crippen LogP contribution in [0.25, 0.3) is 0 Å². The van der Waals surface area contributed by atoms with Crippen molar-refractivity contribution in [3.63, 3.8) is 0 Å². The van der Waals surface area contributed by atoms with Gasteiger partial charge in [-0.25, -0.2) is 0 Å². The molecular formula is C38H70O8. The van der Waals surface area contributed by atoms with Gasteiger partial charge in [-0.05, 0) is 12.8 Å². The Kier molecular flexibility index (Phi) is 32.6. The van der Waals surface area contributed by atoms with E-state index in [0.717, 1.165) is 38.5 Å². The highest BCUT2D eigenvalue weighted by Crippen LogP contribution is 2.15. The van der Waals surface area contributed by atoms with E-state index in [9.17, 15) is 19.2 Å². The minimum atomic E-state index is -1.32. The number of carbonyl (C=O) groups is 4. The summed E-state index contributed by atoms with van der Waals surface area (Å²) in [5.74, 6) is -3.08. The second-order valence-corrected chi connectivity index (χ2v) is 13.0. The summed E-state index contributed by atoms with van der Waals surface area (Å²) in [6.07, 6.45) is 30.4. The predicted molar refractivity (Wildman–Crippen MR) is 185 cm³/mol. The van der Waals surface area contributed by atoms with Crippen LogP contribution in [0.5, 0.6) is 0 Å². The lowest BCUT2D eigenvalue weighted by molar-refractivity contribution is -0.169. The quantitative estimate of drug-likeness (QED) is 0.0310. The Morgan fingerprint density at radius 2 is 0.717 bits per heavy atom. The molecule has 0 fully saturated rings. The number of carbonyl (C=O) groups excluding carboxylic acids is 3. The van der Waals surface area contributed by atoms with Crippen LogP contribution in [0.2, 0.25) is 0 Å². The highest BCUT2D eigenvalue weighted by atomic mass is 16.6. The first kappa shape index (κ1) is 43.9. The van der Waals surface area contributed by atoms with Crippen molar-refractivity contribution in [1.82, 2.24) is 0 Å². The van der Waals surface area contributed by atoms with Crippen LogP contribution in [0.3, 0.4) is 0 Å². The summed E-state index contributed by atoms with van der Waals surface area (Å²) >= 11 is 0. The van der Waals surface area contributed by atoms with Gasteiger partial charge >= 0.3 is 23.9 Å². The van der Waals surface area contributed by atoms with E-state index in [0.29, 0.717) is 0 Å². The van der Waals surface area contributed by atoms with Gasteiger partial charge in [-0.15, -0.1) is 0 Å². The second kappa shape index (κ2) is 34.2. The van der Waals surface area contributed by atoms with Crippen molar-refractivity contribution in [2.75, 3.05) is 13.2 Å². The molecule has 46 heavy (non-hydrogen) atoms. The first-order valence-corrected chi connectivity index (χ1v) is 19.1. The topological polar surface area (TPSA) is 116 Å². The molecule has 0 spiro atoms. The minimum absolute atomic E-state index is 0.269. The van der Waals surface area contributed by atoms with E-state index in [1.165, 1.54) is 128 Å². The van der Waals surface area contributed by atoms with Crippen molar-refractivity contribution in [3.05, 3.63) is 0 Å². The average molecular weight is 655 g/mol. The lowest BCUT2D eigenvalue weighted by Crippen LogP contribution is -2.31. The Morgan fingerprint density at radius 3 is 1.00 bits per heavy atom. The first-order chi connectivity index (χ1) is 22.4. The van der Waals surface area contributed by atoms with Crippen LogP contribution in [0, 0.1) is 0 Å². The number of esters is 3. The largest absolute Gasteiger partial charge is 0.481 e. The Bertz CT molecular complexity index is 692. The Labute approximate surface area is 281 Å². The van der Waals surface area contributed by atoms with Gasteiger partial charge in [0.1, 0.15) is 19.6 Å². The zero-order valence-electron chi connectivity index (χ0n) is 29.8. The highest BCUT2D eigenvalue weighted by Gasteiger charge is 2.21. The fraction of sp³-hybridized carbons (Fsp3) is 0.895. The molecule has 0 aromatic heterocycles. The summed E-state index contributed by atoms with van der Waals surface area (Å²) < 4.78 is 15.7. The number of carboxylic acids is 1. The molecule has 0 aromatic rings. The second-order valence-electron chi connectivity index (χ2n) is 13.0. The molecule has 0 saturated carbocycles. The van der Waals surface area contributed by atoms with E-state index in [2.05, 4.69) is 13.8 Å². The van der Waals surface area contributed by atoms with Crippen LogP contribution in [0.1, 0.15) is 200 Å². The third-order valence-electron chi connectivity index (χ3n) is 8.42. The van der Waals surface area contributed by atoms with Gasteiger partial charge in [0.15, 0.2) is 6.10 Å². The van der Waals surface area contributed by atoms with Gasteiger partial charge in [-0.1, -0.05) is 168 Å². The normalized spacial score (nSPS) is 11.1. The van der Waals surface area contributed by atoms with E-state index >= 15 is 0 Å². The van der Waals surface area contributed by atoms with Crippen LogP contribution >= 0.6 is 0 Å². The van der Waals surface area contributed by atoms with Crippen molar-refractivity contribution >= 4 is 23.9 Å². The summed E-state index contributed by atoms with van der Waals surface area (Å²) in [5, 5.41) is 8.86. The molecular weight excluding hydrogens is 584 g/mol. The molecule has 0 rings (SSSR count). The molecule has 0 aliphatic carbocycles. The van der Waals surface area contributed by atoms with Crippen molar-refractivity contribution in [3.8, 4) is 0 Å². The van der Waals surface area contributed by atoms with E-state index in [4.69, 9.17) is 19.3 Å². The smallest absolute Gasteiger partial charge is 0.317 e. The Balaban J connectivity index is 4.01. The SMILES string of the molecule is CCCCCCCCCCCCCCCC(=O)OCC(COC(=O)CCCCCCCCCCCCCCC)OC(=O)CC(=O)O. The van der Waals surface area contributed by atoms with Crippen molar-refractivity contribution in [2.24, 2.45) is 0 Å². The standard InChI is InChI=1S/C38H70O8/c1-3-5-7-9-11-13-15-17-19-21-23-25-27-29-36(41)44-32-34(46-38(43)31-35(39)40)33-45-37(42)30-28-26-24-22-20-18-16-14-12-10-8-6-4-2/h34H,3-33H2,1-2H3,(H,39,40). The van der Waals surface area contributed by atoms with Crippen LogP contribution < -0.4 is 0 Å². The summed E-state index contributed by atoms with van der Waals surface area (Å²) in [7, 11) is 0. The average Bonchev–Trinajstić information content (AvgIpc) is 3.02. The summed E-state index contributed by atoms with van der Waals surface area (Å²) in [5.41, 5.74) is 0. The number of carboxylic acid groups (broad SMARTS) is 1. The van der Waals surface area contributed by atoms with Crippen LogP contribution in [0.4, 0.5) is 0 Å². The predicted octanol–water partition coefficient (Wildman–Crippen LogP) is 10.4. The molecule has 270 valence electrons. The molecule has 0 unspecified atom stereocenters. The number of rotatable bonds is 35. The molecule has 0 heterocycles. The van der Waals surface area contributed by atoms with Crippen molar-refractivity contribution < 1.29 is 38.5 Å². The number of aliphatic carboxylic acids is 1. The molecule has 0 aliphatic heterocycles. The van der Waals surface area contributed by atoms with Gasteiger partial charge in [-0.2, -0.15) is 0 Å². The summed E-state index contributed by atoms with van der Waals surface area (Å²) in [6.45, 7) is 3.95. The fourth-order valence-corrected chi connectivity index (χ4v) is 5.56. The molecule has 0 amide bonds.